The van der Waals surface area contributed by atoms with Crippen LogP contribution in [0, 0.1) is 0 Å². The summed E-state index contributed by atoms with van der Waals surface area (Å²) in [5.41, 5.74) is 2.33. The average Bonchev–Trinajstić information content (AvgIpc) is 2.55. The maximum absolute atomic E-state index is 5.86. The highest BCUT2D eigenvalue weighted by Crippen LogP contribution is 2.30. The fourth-order valence-electron chi connectivity index (χ4n) is 2.35. The zero-order valence-corrected chi connectivity index (χ0v) is 13.3. The van der Waals surface area contributed by atoms with Gasteiger partial charge in [-0.25, -0.2) is 0 Å². The molecule has 3 nitrogen and oxygen atoms in total. The molecule has 1 aliphatic rings. The van der Waals surface area contributed by atoms with Crippen molar-refractivity contribution >= 4 is 15.9 Å². The van der Waals surface area contributed by atoms with Gasteiger partial charge in [-0.1, -0.05) is 36.4 Å². The molecular weight excluding hydrogens is 330 g/mol. The number of hydrogen-bond acceptors (Lipinski definition) is 3. The van der Waals surface area contributed by atoms with Gasteiger partial charge in [0.15, 0.2) is 0 Å². The quantitative estimate of drug-likeness (QED) is 0.914. The Hall–Kier alpha value is -1.36. The molecule has 1 N–H and O–H groups in total. The first kappa shape index (κ1) is 14.6. The molecule has 1 unspecified atom stereocenters. The maximum atomic E-state index is 5.86. The third-order valence-corrected chi connectivity index (χ3v) is 4.11. The highest BCUT2D eigenvalue weighted by atomic mass is 79.9. The van der Waals surface area contributed by atoms with Crippen molar-refractivity contribution in [3.8, 4) is 5.75 Å². The third-order valence-electron chi connectivity index (χ3n) is 3.49. The van der Waals surface area contributed by atoms with Gasteiger partial charge in [0.1, 0.15) is 12.4 Å². The van der Waals surface area contributed by atoms with E-state index in [0.29, 0.717) is 6.61 Å². The molecule has 0 radical (unpaired) electrons. The van der Waals surface area contributed by atoms with E-state index in [2.05, 4.69) is 45.5 Å². The molecule has 1 aliphatic heterocycles. The van der Waals surface area contributed by atoms with E-state index in [1.807, 2.05) is 24.3 Å². The number of halogens is 1. The minimum atomic E-state index is 0.123. The summed E-state index contributed by atoms with van der Waals surface area (Å²) in [4.78, 5) is 0. The van der Waals surface area contributed by atoms with Crippen molar-refractivity contribution in [1.82, 2.24) is 5.32 Å². The molecule has 1 saturated heterocycles. The molecule has 2 aromatic rings. The predicted octanol–water partition coefficient (Wildman–Crippen LogP) is 3.69. The molecule has 0 bridgehead atoms. The van der Waals surface area contributed by atoms with Crippen LogP contribution in [-0.4, -0.2) is 19.7 Å². The van der Waals surface area contributed by atoms with Gasteiger partial charge in [0.2, 0.25) is 0 Å². The van der Waals surface area contributed by atoms with E-state index in [9.17, 15) is 0 Å². The van der Waals surface area contributed by atoms with Crippen LogP contribution in [0.25, 0.3) is 0 Å². The van der Waals surface area contributed by atoms with Crippen LogP contribution >= 0.6 is 15.9 Å². The van der Waals surface area contributed by atoms with E-state index < -0.39 is 0 Å². The molecule has 21 heavy (non-hydrogen) atoms. The lowest BCUT2D eigenvalue weighted by Gasteiger charge is -2.24. The SMILES string of the molecule is Brc1cc(C2CNCCO2)ccc1OCc1ccccc1. The molecule has 110 valence electrons. The Morgan fingerprint density at radius 2 is 2.05 bits per heavy atom. The Bertz CT molecular complexity index is 583. The molecule has 0 saturated carbocycles. The summed E-state index contributed by atoms with van der Waals surface area (Å²) in [6, 6.07) is 16.3. The molecule has 0 amide bonds. The molecule has 4 heteroatoms. The van der Waals surface area contributed by atoms with Gasteiger partial charge < -0.3 is 14.8 Å². The Balaban J connectivity index is 1.66. The number of morpholine rings is 1. The number of benzene rings is 2. The van der Waals surface area contributed by atoms with Gasteiger partial charge in [-0.15, -0.1) is 0 Å². The summed E-state index contributed by atoms with van der Waals surface area (Å²) < 4.78 is 12.6. The summed E-state index contributed by atoms with van der Waals surface area (Å²) in [5, 5.41) is 3.34. The number of ether oxygens (including phenoxy) is 2. The summed E-state index contributed by atoms with van der Waals surface area (Å²) >= 11 is 3.59. The highest BCUT2D eigenvalue weighted by molar-refractivity contribution is 9.10. The number of hydrogen-bond donors (Lipinski definition) is 1. The van der Waals surface area contributed by atoms with Crippen LogP contribution in [0.3, 0.4) is 0 Å². The zero-order chi connectivity index (χ0) is 14.5. The lowest BCUT2D eigenvalue weighted by molar-refractivity contribution is 0.0276. The number of nitrogens with one attached hydrogen (secondary N) is 1. The molecule has 3 rings (SSSR count). The Labute approximate surface area is 133 Å². The van der Waals surface area contributed by atoms with E-state index in [-0.39, 0.29) is 6.10 Å². The normalized spacial score (nSPS) is 18.4. The lowest BCUT2D eigenvalue weighted by Crippen LogP contribution is -2.33. The van der Waals surface area contributed by atoms with E-state index in [0.717, 1.165) is 35.5 Å². The molecule has 0 aliphatic carbocycles. The van der Waals surface area contributed by atoms with E-state index in [1.165, 1.54) is 5.56 Å². The second kappa shape index (κ2) is 7.07. The van der Waals surface area contributed by atoms with Crippen LogP contribution in [0.1, 0.15) is 17.2 Å². The molecule has 0 aromatic heterocycles. The predicted molar refractivity (Wildman–Crippen MR) is 86.5 cm³/mol. The molecule has 1 fully saturated rings. The smallest absolute Gasteiger partial charge is 0.134 e. The second-order valence-corrected chi connectivity index (χ2v) is 5.88. The zero-order valence-electron chi connectivity index (χ0n) is 11.7. The standard InChI is InChI=1S/C17H18BrNO2/c18-15-10-14(17-11-19-8-9-20-17)6-7-16(15)21-12-13-4-2-1-3-5-13/h1-7,10,17,19H,8-9,11-12H2. The van der Waals surface area contributed by atoms with E-state index in [1.54, 1.807) is 0 Å². The maximum Gasteiger partial charge on any atom is 0.134 e. The van der Waals surface area contributed by atoms with Gasteiger partial charge in [0.25, 0.3) is 0 Å². The lowest BCUT2D eigenvalue weighted by atomic mass is 10.1. The van der Waals surface area contributed by atoms with Crippen LogP contribution in [-0.2, 0) is 11.3 Å². The van der Waals surface area contributed by atoms with Crippen LogP contribution in [0.5, 0.6) is 5.75 Å². The minimum Gasteiger partial charge on any atom is -0.488 e. The van der Waals surface area contributed by atoms with Crippen LogP contribution in [0.2, 0.25) is 0 Å². The van der Waals surface area contributed by atoms with E-state index in [4.69, 9.17) is 9.47 Å². The van der Waals surface area contributed by atoms with Crippen LogP contribution in [0.4, 0.5) is 0 Å². The van der Waals surface area contributed by atoms with Gasteiger partial charge in [-0.05, 0) is 39.2 Å². The first-order valence-electron chi connectivity index (χ1n) is 7.11. The first-order valence-corrected chi connectivity index (χ1v) is 7.91. The molecule has 1 atom stereocenters. The summed E-state index contributed by atoms with van der Waals surface area (Å²) in [6.45, 7) is 3.11. The van der Waals surface area contributed by atoms with Gasteiger partial charge in [0, 0.05) is 13.1 Å². The summed E-state index contributed by atoms with van der Waals surface area (Å²) in [7, 11) is 0. The van der Waals surface area contributed by atoms with Crippen molar-refractivity contribution in [3.63, 3.8) is 0 Å². The Morgan fingerprint density at radius 1 is 1.19 bits per heavy atom. The van der Waals surface area contributed by atoms with Crippen LogP contribution in [0.15, 0.2) is 53.0 Å². The van der Waals surface area contributed by atoms with Gasteiger partial charge in [0.05, 0.1) is 17.2 Å². The fourth-order valence-corrected chi connectivity index (χ4v) is 2.86. The highest BCUT2D eigenvalue weighted by Gasteiger charge is 2.16. The van der Waals surface area contributed by atoms with Gasteiger partial charge in [-0.2, -0.15) is 0 Å². The average molecular weight is 348 g/mol. The molecule has 1 heterocycles. The topological polar surface area (TPSA) is 30.5 Å². The molecular formula is C17H18BrNO2. The van der Waals surface area contributed by atoms with Crippen molar-refractivity contribution in [1.29, 1.82) is 0 Å². The van der Waals surface area contributed by atoms with Crippen molar-refractivity contribution in [2.24, 2.45) is 0 Å². The fraction of sp³-hybridized carbons (Fsp3) is 0.294. The van der Waals surface area contributed by atoms with Crippen molar-refractivity contribution in [2.75, 3.05) is 19.7 Å². The largest absolute Gasteiger partial charge is 0.488 e. The summed E-state index contributed by atoms with van der Waals surface area (Å²) in [5.74, 6) is 0.853. The van der Waals surface area contributed by atoms with Crippen molar-refractivity contribution in [3.05, 3.63) is 64.1 Å². The number of rotatable bonds is 4. The minimum absolute atomic E-state index is 0.123. The molecule has 2 aromatic carbocycles. The van der Waals surface area contributed by atoms with E-state index >= 15 is 0 Å². The first-order chi connectivity index (χ1) is 10.3. The monoisotopic (exact) mass is 347 g/mol. The third kappa shape index (κ3) is 3.84. The summed E-state index contributed by atoms with van der Waals surface area (Å²) in [6.07, 6.45) is 0.123. The van der Waals surface area contributed by atoms with Crippen molar-refractivity contribution in [2.45, 2.75) is 12.7 Å². The van der Waals surface area contributed by atoms with Gasteiger partial charge in [-0.3, -0.25) is 0 Å². The van der Waals surface area contributed by atoms with Crippen molar-refractivity contribution < 1.29 is 9.47 Å². The van der Waals surface area contributed by atoms with Gasteiger partial charge >= 0.3 is 0 Å². The second-order valence-electron chi connectivity index (χ2n) is 5.03. The van der Waals surface area contributed by atoms with Crippen LogP contribution < -0.4 is 10.1 Å². The molecule has 0 spiro atoms. The Morgan fingerprint density at radius 3 is 2.76 bits per heavy atom. The Kier molecular flexibility index (Phi) is 4.91.